The van der Waals surface area contributed by atoms with Crippen LogP contribution >= 0.6 is 0 Å². The first kappa shape index (κ1) is 46.2. The van der Waals surface area contributed by atoms with Gasteiger partial charge in [0.25, 0.3) is 0 Å². The summed E-state index contributed by atoms with van der Waals surface area (Å²) >= 11 is 0. The standard InChI is InChI=1S/C76H64N2/c1-49-42-50(2)44-59(43-49)72-60(57-28-32-70(77-47-57)53-22-18-51(19-23-53)55-26-30-64-62-12-3-5-16-66(62)73-34-8-38-75(73,39-9-35-73)68(64)45-55)14-7-15-61(72)58-29-33-71(78-48-58)54-24-20-52(21-25-54)56-27-31-65-63-13-4-6-17-67(63)74-36-10-40-76(74,41-11-37-74)69(65)46-56/h3-7,12-33,42-48H,8-11,34-41H2,1-2H3. The van der Waals surface area contributed by atoms with Gasteiger partial charge in [-0.05, 0) is 178 Å². The van der Waals surface area contributed by atoms with Crippen LogP contribution < -0.4 is 0 Å². The van der Waals surface area contributed by atoms with Crippen molar-refractivity contribution in [3.05, 3.63) is 240 Å². The maximum atomic E-state index is 5.16. The Labute approximate surface area is 460 Å². The van der Waals surface area contributed by atoms with Crippen LogP contribution in [0.3, 0.4) is 0 Å². The van der Waals surface area contributed by atoms with E-state index in [0.29, 0.717) is 10.8 Å². The van der Waals surface area contributed by atoms with Gasteiger partial charge in [-0.1, -0.05) is 207 Å². The molecule has 0 atom stereocenters. The zero-order chi connectivity index (χ0) is 51.8. The number of hydrogen-bond donors (Lipinski definition) is 0. The van der Waals surface area contributed by atoms with Gasteiger partial charge in [-0.3, -0.25) is 9.97 Å². The van der Waals surface area contributed by atoms with Gasteiger partial charge in [-0.15, -0.1) is 0 Å². The molecule has 4 saturated carbocycles. The molecule has 378 valence electrons. The largest absolute Gasteiger partial charge is 0.256 e. The summed E-state index contributed by atoms with van der Waals surface area (Å²) in [5.74, 6) is 0. The highest BCUT2D eigenvalue weighted by atomic mass is 14.7. The van der Waals surface area contributed by atoms with E-state index in [-0.39, 0.29) is 10.8 Å². The third kappa shape index (κ3) is 6.56. The maximum absolute atomic E-state index is 5.16. The smallest absolute Gasteiger partial charge is 0.0702 e. The zero-order valence-electron chi connectivity index (χ0n) is 45.0. The summed E-state index contributed by atoms with van der Waals surface area (Å²) < 4.78 is 0. The van der Waals surface area contributed by atoms with E-state index in [1.807, 2.05) is 0 Å². The van der Waals surface area contributed by atoms with Gasteiger partial charge in [0, 0.05) is 56.3 Å². The topological polar surface area (TPSA) is 25.8 Å². The van der Waals surface area contributed by atoms with Gasteiger partial charge in [0.05, 0.1) is 11.4 Å². The van der Waals surface area contributed by atoms with Crippen molar-refractivity contribution in [3.63, 3.8) is 0 Å². The molecular weight excluding hydrogens is 941 g/mol. The number of aromatic nitrogens is 2. The van der Waals surface area contributed by atoms with Crippen molar-refractivity contribution in [3.8, 4) is 100 Å². The number of benzene rings is 8. The number of fused-ring (bicyclic) bond motifs is 6. The molecule has 10 aromatic rings. The normalized spacial score (nSPS) is 22.8. The van der Waals surface area contributed by atoms with E-state index in [4.69, 9.17) is 9.97 Å². The molecule has 0 saturated heterocycles. The van der Waals surface area contributed by atoms with Crippen LogP contribution in [0.4, 0.5) is 0 Å². The summed E-state index contributed by atoms with van der Waals surface area (Å²) in [6, 6.07) is 74.1. The third-order valence-electron chi connectivity index (χ3n) is 20.9. The molecule has 6 aliphatic carbocycles. The van der Waals surface area contributed by atoms with Gasteiger partial charge in [0.1, 0.15) is 0 Å². The van der Waals surface area contributed by atoms with E-state index in [2.05, 4.69) is 220 Å². The molecule has 0 radical (unpaired) electrons. The molecule has 2 heteroatoms. The van der Waals surface area contributed by atoms with Crippen LogP contribution in [0.25, 0.3) is 100 Å². The van der Waals surface area contributed by atoms with Gasteiger partial charge in [0.15, 0.2) is 0 Å². The maximum Gasteiger partial charge on any atom is 0.0702 e. The fraction of sp³-hybridized carbons (Fsp3) is 0.237. The molecule has 0 aliphatic heterocycles. The van der Waals surface area contributed by atoms with Crippen LogP contribution in [-0.2, 0) is 21.7 Å². The van der Waals surface area contributed by atoms with E-state index in [9.17, 15) is 0 Å². The zero-order valence-corrected chi connectivity index (χ0v) is 45.0. The molecule has 4 fully saturated rings. The quantitative estimate of drug-likeness (QED) is 0.159. The van der Waals surface area contributed by atoms with E-state index >= 15 is 0 Å². The fourth-order valence-electron chi connectivity index (χ4n) is 17.8. The minimum absolute atomic E-state index is 0.267. The predicted octanol–water partition coefficient (Wildman–Crippen LogP) is 19.8. The molecule has 0 unspecified atom stereocenters. The molecule has 6 aliphatic rings. The lowest BCUT2D eigenvalue weighted by Gasteiger charge is -2.48. The van der Waals surface area contributed by atoms with Gasteiger partial charge >= 0.3 is 0 Å². The number of hydrogen-bond acceptors (Lipinski definition) is 2. The molecule has 16 rings (SSSR count). The second kappa shape index (κ2) is 17.3. The lowest BCUT2D eigenvalue weighted by atomic mass is 9.55. The van der Waals surface area contributed by atoms with Crippen LogP contribution in [0.15, 0.2) is 207 Å². The first-order valence-electron chi connectivity index (χ1n) is 29.2. The van der Waals surface area contributed by atoms with Crippen LogP contribution in [0.2, 0.25) is 0 Å². The molecule has 0 amide bonds. The first-order valence-corrected chi connectivity index (χ1v) is 29.2. The molecule has 0 N–H and O–H groups in total. The number of aryl methyl sites for hydroxylation is 2. The molecule has 2 heterocycles. The average Bonchev–Trinajstić information content (AvgIpc) is 3.86. The lowest BCUT2D eigenvalue weighted by Crippen LogP contribution is -2.43. The van der Waals surface area contributed by atoms with Crippen molar-refractivity contribution in [2.45, 2.75) is 113 Å². The lowest BCUT2D eigenvalue weighted by molar-refractivity contribution is 0.299. The molecule has 0 bridgehead atoms. The van der Waals surface area contributed by atoms with Gasteiger partial charge in [-0.2, -0.15) is 0 Å². The van der Waals surface area contributed by atoms with E-state index in [0.717, 1.165) is 44.8 Å². The van der Waals surface area contributed by atoms with Crippen LogP contribution in [0, 0.1) is 13.8 Å². The SMILES string of the molecule is Cc1cc(C)cc(-c2c(-c3ccc(-c4ccc(-c5ccc6c(c5)C57CCCC5(CCC7)c5ccccc5-6)cc4)nc3)cccc2-c2ccc(-c3ccc(-c4ccc5c(c4)C46CCCC4(CCC6)c4ccccc4-5)cc3)nc2)c1. The minimum Gasteiger partial charge on any atom is -0.256 e. The van der Waals surface area contributed by atoms with Crippen LogP contribution in [0.1, 0.15) is 110 Å². The number of rotatable bonds is 7. The first-order chi connectivity index (χ1) is 38.3. The van der Waals surface area contributed by atoms with E-state index in [1.165, 1.54) is 144 Å². The van der Waals surface area contributed by atoms with Gasteiger partial charge in [-0.25, -0.2) is 0 Å². The molecule has 8 aromatic carbocycles. The highest BCUT2D eigenvalue weighted by molar-refractivity contribution is 5.95. The van der Waals surface area contributed by atoms with Crippen molar-refractivity contribution >= 4 is 0 Å². The summed E-state index contributed by atoms with van der Waals surface area (Å²) in [5.41, 5.74) is 32.2. The van der Waals surface area contributed by atoms with E-state index in [1.54, 1.807) is 22.3 Å². The Hall–Kier alpha value is -7.94. The van der Waals surface area contributed by atoms with Crippen molar-refractivity contribution in [2.24, 2.45) is 0 Å². The number of pyridine rings is 2. The second-order valence-corrected chi connectivity index (χ2v) is 24.5. The Balaban J connectivity index is 0.686. The van der Waals surface area contributed by atoms with Gasteiger partial charge < -0.3 is 0 Å². The van der Waals surface area contributed by atoms with Crippen molar-refractivity contribution in [2.75, 3.05) is 0 Å². The summed E-state index contributed by atoms with van der Waals surface area (Å²) in [7, 11) is 0. The summed E-state index contributed by atoms with van der Waals surface area (Å²) in [5, 5.41) is 0. The predicted molar refractivity (Wildman–Crippen MR) is 323 cm³/mol. The monoisotopic (exact) mass is 1000 g/mol. The average molecular weight is 1010 g/mol. The Bertz CT molecular complexity index is 3770. The van der Waals surface area contributed by atoms with Gasteiger partial charge in [0.2, 0.25) is 0 Å². The summed E-state index contributed by atoms with van der Waals surface area (Å²) in [4.78, 5) is 10.3. The Morgan fingerprint density at radius 2 is 0.615 bits per heavy atom. The highest BCUT2D eigenvalue weighted by Crippen LogP contribution is 2.71. The van der Waals surface area contributed by atoms with Crippen molar-refractivity contribution < 1.29 is 0 Å². The Kier molecular flexibility index (Phi) is 10.2. The molecule has 78 heavy (non-hydrogen) atoms. The number of nitrogens with zero attached hydrogens (tertiary/aromatic N) is 2. The van der Waals surface area contributed by atoms with Crippen LogP contribution in [0.5, 0.6) is 0 Å². The van der Waals surface area contributed by atoms with Crippen molar-refractivity contribution in [1.82, 2.24) is 9.97 Å². The van der Waals surface area contributed by atoms with Crippen molar-refractivity contribution in [1.29, 1.82) is 0 Å². The molecule has 2 aromatic heterocycles. The molecule has 0 spiro atoms. The Morgan fingerprint density at radius 1 is 0.269 bits per heavy atom. The van der Waals surface area contributed by atoms with Crippen LogP contribution in [-0.4, -0.2) is 9.97 Å². The molecule has 2 nitrogen and oxygen atoms in total. The third-order valence-corrected chi connectivity index (χ3v) is 20.9. The molecular formula is C76H64N2. The van der Waals surface area contributed by atoms with E-state index < -0.39 is 0 Å². The Morgan fingerprint density at radius 3 is 1.03 bits per heavy atom. The fourth-order valence-corrected chi connectivity index (χ4v) is 17.8. The highest BCUT2D eigenvalue weighted by Gasteiger charge is 2.63. The summed E-state index contributed by atoms with van der Waals surface area (Å²) in [6.07, 6.45) is 20.0. The summed E-state index contributed by atoms with van der Waals surface area (Å²) in [6.45, 7) is 4.39. The second-order valence-electron chi connectivity index (χ2n) is 24.5. The minimum atomic E-state index is 0.267.